The predicted octanol–water partition coefficient (Wildman–Crippen LogP) is 4.92. The van der Waals surface area contributed by atoms with Gasteiger partial charge in [-0.1, -0.05) is 54.1 Å². The van der Waals surface area contributed by atoms with E-state index in [1.165, 1.54) is 11.8 Å². The summed E-state index contributed by atoms with van der Waals surface area (Å²) in [5, 5.41) is 8.71. The molecule has 0 spiro atoms. The second kappa shape index (κ2) is 9.24. The molecule has 28 heavy (non-hydrogen) atoms. The molecule has 3 aromatic rings. The lowest BCUT2D eigenvalue weighted by Gasteiger charge is -2.01. The zero-order valence-electron chi connectivity index (χ0n) is 15.5. The number of carbonyl (C=O) groups excluding carboxylic acids is 1. The number of thioether (sulfide) groups is 1. The highest BCUT2D eigenvalue weighted by Crippen LogP contribution is 2.18. The number of aryl methyl sites for hydroxylation is 1. The highest BCUT2D eigenvalue weighted by atomic mass is 32.2. The zero-order valence-corrected chi connectivity index (χ0v) is 16.4. The van der Waals surface area contributed by atoms with E-state index in [1.54, 1.807) is 0 Å². The van der Waals surface area contributed by atoms with Crippen LogP contribution in [0, 0.1) is 6.92 Å². The summed E-state index contributed by atoms with van der Waals surface area (Å²) in [6.07, 6.45) is 7.79. The van der Waals surface area contributed by atoms with Crippen molar-refractivity contribution in [3.05, 3.63) is 95.3 Å². The molecule has 1 heterocycles. The summed E-state index contributed by atoms with van der Waals surface area (Å²) in [5.74, 6) is -0.731. The molecule has 4 nitrogen and oxygen atoms in total. The van der Waals surface area contributed by atoms with E-state index in [2.05, 4.69) is 0 Å². The molecule has 0 saturated heterocycles. The number of benzene rings is 2. The van der Waals surface area contributed by atoms with Crippen molar-refractivity contribution in [3.63, 3.8) is 0 Å². The van der Waals surface area contributed by atoms with Gasteiger partial charge in [-0.3, -0.25) is 9.59 Å². The van der Waals surface area contributed by atoms with E-state index < -0.39 is 5.97 Å². The Balaban J connectivity index is 1.57. The fraction of sp³-hybridized carbons (Fsp3) is 0.130. The second-order valence-corrected chi connectivity index (χ2v) is 7.49. The molecule has 0 aliphatic heterocycles. The summed E-state index contributed by atoms with van der Waals surface area (Å²) in [5.41, 5.74) is 3.55. The third-order valence-electron chi connectivity index (χ3n) is 4.20. The van der Waals surface area contributed by atoms with Crippen LogP contribution < -0.4 is 0 Å². The normalized spacial score (nSPS) is 11.0. The number of rotatable bonds is 8. The van der Waals surface area contributed by atoms with Gasteiger partial charge in [0.15, 0.2) is 5.78 Å². The molecule has 1 N–H and O–H groups in total. The van der Waals surface area contributed by atoms with Gasteiger partial charge in [0, 0.05) is 35.0 Å². The van der Waals surface area contributed by atoms with Crippen molar-refractivity contribution in [1.82, 2.24) is 4.57 Å². The zero-order chi connectivity index (χ0) is 19.9. The summed E-state index contributed by atoms with van der Waals surface area (Å²) >= 11 is 1.30. The van der Waals surface area contributed by atoms with Crippen LogP contribution in [-0.2, 0) is 11.3 Å². The summed E-state index contributed by atoms with van der Waals surface area (Å²) < 4.78 is 1.97. The Morgan fingerprint density at radius 2 is 1.71 bits per heavy atom. The Morgan fingerprint density at radius 3 is 2.39 bits per heavy atom. The first-order valence-corrected chi connectivity index (χ1v) is 9.88. The van der Waals surface area contributed by atoms with Crippen LogP contribution in [0.1, 0.15) is 27.0 Å². The van der Waals surface area contributed by atoms with Crippen molar-refractivity contribution < 1.29 is 14.7 Å². The molecule has 0 atom stereocenters. The van der Waals surface area contributed by atoms with Gasteiger partial charge in [-0.05, 0) is 30.7 Å². The molecule has 0 amide bonds. The minimum absolute atomic E-state index is 0.0252. The second-order valence-electron chi connectivity index (χ2n) is 6.45. The van der Waals surface area contributed by atoms with Gasteiger partial charge in [0.1, 0.15) is 0 Å². The molecule has 142 valence electrons. The van der Waals surface area contributed by atoms with Gasteiger partial charge in [0.05, 0.1) is 5.75 Å². The number of carboxylic acids is 1. The summed E-state index contributed by atoms with van der Waals surface area (Å²) in [4.78, 5) is 24.1. The van der Waals surface area contributed by atoms with E-state index >= 15 is 0 Å². The van der Waals surface area contributed by atoms with Gasteiger partial charge < -0.3 is 9.67 Å². The average molecular weight is 391 g/mol. The SMILES string of the molecule is Cc1ccc(C(=O)c2ccn(CC=Cc3ccc(SCC(=O)O)cc3)c2)cc1. The van der Waals surface area contributed by atoms with Crippen LogP contribution in [0.25, 0.3) is 6.08 Å². The molecule has 2 aromatic carbocycles. The Morgan fingerprint density at radius 1 is 1.00 bits per heavy atom. The number of hydrogen-bond acceptors (Lipinski definition) is 3. The largest absolute Gasteiger partial charge is 0.481 e. The number of hydrogen-bond donors (Lipinski definition) is 1. The number of nitrogens with zero attached hydrogens (tertiary/aromatic N) is 1. The van der Waals surface area contributed by atoms with Gasteiger partial charge in [-0.2, -0.15) is 0 Å². The van der Waals surface area contributed by atoms with Crippen LogP contribution in [0.2, 0.25) is 0 Å². The monoisotopic (exact) mass is 391 g/mol. The quantitative estimate of drug-likeness (QED) is 0.437. The molecule has 0 saturated carbocycles. The molecule has 0 unspecified atom stereocenters. The van der Waals surface area contributed by atoms with Gasteiger partial charge >= 0.3 is 5.97 Å². The minimum atomic E-state index is -0.819. The molecule has 0 radical (unpaired) electrons. The van der Waals surface area contributed by atoms with Crippen LogP contribution in [0.15, 0.2) is 78.0 Å². The lowest BCUT2D eigenvalue weighted by molar-refractivity contribution is -0.133. The molecular weight excluding hydrogens is 370 g/mol. The van der Waals surface area contributed by atoms with Crippen LogP contribution in [0.5, 0.6) is 0 Å². The van der Waals surface area contributed by atoms with Crippen molar-refractivity contribution in [2.75, 3.05) is 5.75 Å². The Labute approximate surface area is 168 Å². The molecule has 1 aromatic heterocycles. The fourth-order valence-corrected chi connectivity index (χ4v) is 3.31. The first-order valence-electron chi connectivity index (χ1n) is 8.89. The topological polar surface area (TPSA) is 59.3 Å². The number of ketones is 1. The van der Waals surface area contributed by atoms with Crippen LogP contribution >= 0.6 is 11.8 Å². The number of carbonyl (C=O) groups is 2. The van der Waals surface area contributed by atoms with Crippen molar-refractivity contribution in [3.8, 4) is 0 Å². The van der Waals surface area contributed by atoms with Gasteiger partial charge in [0.2, 0.25) is 0 Å². The van der Waals surface area contributed by atoms with Crippen molar-refractivity contribution in [1.29, 1.82) is 0 Å². The van der Waals surface area contributed by atoms with Gasteiger partial charge in [-0.15, -0.1) is 11.8 Å². The fourth-order valence-electron chi connectivity index (χ4n) is 2.69. The van der Waals surface area contributed by atoms with Gasteiger partial charge in [0.25, 0.3) is 0 Å². The maximum atomic E-state index is 12.5. The average Bonchev–Trinajstić information content (AvgIpc) is 3.16. The molecule has 3 rings (SSSR count). The Kier molecular flexibility index (Phi) is 6.50. The van der Waals surface area contributed by atoms with Crippen LogP contribution in [0.3, 0.4) is 0 Å². The molecule has 5 heteroatoms. The van der Waals surface area contributed by atoms with Crippen molar-refractivity contribution >= 4 is 29.6 Å². The third kappa shape index (κ3) is 5.47. The molecule has 0 aliphatic carbocycles. The van der Waals surface area contributed by atoms with Crippen LogP contribution in [-0.4, -0.2) is 27.2 Å². The van der Waals surface area contributed by atoms with E-state index in [-0.39, 0.29) is 11.5 Å². The number of aromatic nitrogens is 1. The van der Waals surface area contributed by atoms with E-state index in [9.17, 15) is 9.59 Å². The highest BCUT2D eigenvalue weighted by Gasteiger charge is 2.09. The molecule has 0 fully saturated rings. The summed E-state index contributed by atoms with van der Waals surface area (Å²) in [6.45, 7) is 2.66. The standard InChI is InChI=1S/C23H21NO3S/c1-17-4-8-19(9-5-17)23(27)20-12-14-24(15-20)13-2-3-18-6-10-21(11-7-18)28-16-22(25)26/h2-12,14-15H,13,16H2,1H3,(H,25,26). The maximum absolute atomic E-state index is 12.5. The number of aliphatic carboxylic acids is 1. The molecular formula is C23H21NO3S. The Hall–Kier alpha value is -3.05. The minimum Gasteiger partial charge on any atom is -0.481 e. The molecule has 0 bridgehead atoms. The van der Waals surface area contributed by atoms with Crippen molar-refractivity contribution in [2.45, 2.75) is 18.4 Å². The maximum Gasteiger partial charge on any atom is 0.313 e. The van der Waals surface area contributed by atoms with E-state index in [4.69, 9.17) is 5.11 Å². The number of allylic oxidation sites excluding steroid dienone is 1. The highest BCUT2D eigenvalue weighted by molar-refractivity contribution is 8.00. The summed E-state index contributed by atoms with van der Waals surface area (Å²) in [7, 11) is 0. The van der Waals surface area contributed by atoms with E-state index in [0.29, 0.717) is 17.7 Å². The molecule has 0 aliphatic rings. The lowest BCUT2D eigenvalue weighted by atomic mass is 10.0. The van der Waals surface area contributed by atoms with Crippen molar-refractivity contribution in [2.24, 2.45) is 0 Å². The van der Waals surface area contributed by atoms with Crippen LogP contribution in [0.4, 0.5) is 0 Å². The first-order chi connectivity index (χ1) is 13.5. The first kappa shape index (κ1) is 19.7. The summed E-state index contributed by atoms with van der Waals surface area (Å²) in [6, 6.07) is 17.2. The lowest BCUT2D eigenvalue weighted by Crippen LogP contribution is -2.00. The number of carboxylic acid groups (broad SMARTS) is 1. The van der Waals surface area contributed by atoms with Gasteiger partial charge in [-0.25, -0.2) is 0 Å². The third-order valence-corrected chi connectivity index (χ3v) is 5.19. The predicted molar refractivity (Wildman–Crippen MR) is 113 cm³/mol. The smallest absolute Gasteiger partial charge is 0.313 e. The van der Waals surface area contributed by atoms with E-state index in [0.717, 1.165) is 16.0 Å². The van der Waals surface area contributed by atoms with E-state index in [1.807, 2.05) is 90.6 Å². The Bertz CT molecular complexity index is 985.